The molecule has 3 aromatic rings. The zero-order valence-electron chi connectivity index (χ0n) is 15.6. The largest absolute Gasteiger partial charge is 0.309 e. The fraction of sp³-hybridized carbons (Fsp3) is 0.381. The van der Waals surface area contributed by atoms with Gasteiger partial charge in [0.25, 0.3) is 5.56 Å². The zero-order valence-corrected chi connectivity index (χ0v) is 17.2. The summed E-state index contributed by atoms with van der Waals surface area (Å²) >= 11 is 3.05. The molecule has 1 aliphatic carbocycles. The van der Waals surface area contributed by atoms with Crippen molar-refractivity contribution in [2.75, 3.05) is 5.75 Å². The number of aryl methyl sites for hydroxylation is 4. The molecule has 0 spiro atoms. The molecule has 1 aromatic carbocycles. The van der Waals surface area contributed by atoms with E-state index in [0.717, 1.165) is 33.7 Å². The number of hydrogen-bond acceptors (Lipinski definition) is 5. The molecule has 6 heteroatoms. The SMILES string of the molecule is Cc1sc2nc(CSCC(=O)c3ccc4c(c3)CCCC4)[nH]c(=O)c2c1C. The second-order valence-corrected chi connectivity index (χ2v) is 9.27. The van der Waals surface area contributed by atoms with Crippen LogP contribution in [-0.4, -0.2) is 21.5 Å². The molecule has 0 bridgehead atoms. The fourth-order valence-corrected chi connectivity index (χ4v) is 5.43. The van der Waals surface area contributed by atoms with Gasteiger partial charge in [-0.2, -0.15) is 0 Å². The van der Waals surface area contributed by atoms with Gasteiger partial charge in [-0.3, -0.25) is 9.59 Å². The van der Waals surface area contributed by atoms with Crippen LogP contribution in [0.4, 0.5) is 0 Å². The van der Waals surface area contributed by atoms with Crippen LogP contribution in [0.5, 0.6) is 0 Å². The van der Waals surface area contributed by atoms with E-state index in [1.165, 1.54) is 35.7 Å². The van der Waals surface area contributed by atoms with E-state index in [2.05, 4.69) is 22.1 Å². The lowest BCUT2D eigenvalue weighted by molar-refractivity contribution is 0.102. The molecule has 140 valence electrons. The van der Waals surface area contributed by atoms with Gasteiger partial charge in [0.05, 0.1) is 16.9 Å². The van der Waals surface area contributed by atoms with Crippen molar-refractivity contribution in [2.24, 2.45) is 0 Å². The van der Waals surface area contributed by atoms with E-state index in [4.69, 9.17) is 0 Å². The van der Waals surface area contributed by atoms with Gasteiger partial charge < -0.3 is 4.98 Å². The van der Waals surface area contributed by atoms with Crippen molar-refractivity contribution < 1.29 is 4.79 Å². The molecule has 27 heavy (non-hydrogen) atoms. The number of thioether (sulfide) groups is 1. The number of nitrogens with zero attached hydrogens (tertiary/aromatic N) is 1. The van der Waals surface area contributed by atoms with Gasteiger partial charge in [0, 0.05) is 10.4 Å². The minimum absolute atomic E-state index is 0.0848. The predicted molar refractivity (Wildman–Crippen MR) is 113 cm³/mol. The summed E-state index contributed by atoms with van der Waals surface area (Å²) in [6.45, 7) is 3.96. The minimum atomic E-state index is -0.0848. The molecule has 1 N–H and O–H groups in total. The Morgan fingerprint density at radius 2 is 2.00 bits per heavy atom. The van der Waals surface area contributed by atoms with Crippen LogP contribution < -0.4 is 5.56 Å². The van der Waals surface area contributed by atoms with Gasteiger partial charge in [0.1, 0.15) is 10.7 Å². The number of ketones is 1. The third-order valence-corrected chi connectivity index (χ3v) is 7.28. The van der Waals surface area contributed by atoms with Crippen LogP contribution >= 0.6 is 23.1 Å². The molecule has 4 nitrogen and oxygen atoms in total. The fourth-order valence-electron chi connectivity index (χ4n) is 3.60. The van der Waals surface area contributed by atoms with Crippen LogP contribution in [0.25, 0.3) is 10.2 Å². The Morgan fingerprint density at radius 3 is 2.81 bits per heavy atom. The van der Waals surface area contributed by atoms with Crippen LogP contribution in [0.3, 0.4) is 0 Å². The molecule has 0 unspecified atom stereocenters. The van der Waals surface area contributed by atoms with E-state index in [0.29, 0.717) is 22.7 Å². The Balaban J connectivity index is 1.43. The van der Waals surface area contributed by atoms with Crippen LogP contribution in [0, 0.1) is 13.8 Å². The Labute approximate surface area is 166 Å². The first-order valence-corrected chi connectivity index (χ1v) is 11.2. The molecular formula is C21H22N2O2S2. The molecule has 0 aliphatic heterocycles. The van der Waals surface area contributed by atoms with E-state index in [-0.39, 0.29) is 11.3 Å². The van der Waals surface area contributed by atoms with Crippen molar-refractivity contribution in [3.63, 3.8) is 0 Å². The summed E-state index contributed by atoms with van der Waals surface area (Å²) in [6.07, 6.45) is 4.66. The number of carbonyl (C=O) groups is 1. The summed E-state index contributed by atoms with van der Waals surface area (Å²) in [5.74, 6) is 1.69. The first-order chi connectivity index (χ1) is 13.0. The quantitative estimate of drug-likeness (QED) is 0.638. The summed E-state index contributed by atoms with van der Waals surface area (Å²) in [6, 6.07) is 6.14. The van der Waals surface area contributed by atoms with Crippen LogP contribution in [0.1, 0.15) is 50.6 Å². The van der Waals surface area contributed by atoms with Crippen LogP contribution in [-0.2, 0) is 18.6 Å². The molecule has 0 saturated carbocycles. The standard InChI is InChI=1S/C21H22N2O2S2/c1-12-13(2)27-21-19(12)20(25)22-18(23-21)11-26-10-17(24)16-8-7-14-5-3-4-6-15(14)9-16/h7-9H,3-6,10-11H2,1-2H3,(H,22,23,25). The van der Waals surface area contributed by atoms with Gasteiger partial charge in [-0.1, -0.05) is 12.1 Å². The molecular weight excluding hydrogens is 376 g/mol. The summed E-state index contributed by atoms with van der Waals surface area (Å²) in [5.41, 5.74) is 4.44. The average molecular weight is 399 g/mol. The third kappa shape index (κ3) is 3.73. The molecule has 2 heterocycles. The number of H-pyrrole nitrogens is 1. The van der Waals surface area contributed by atoms with Gasteiger partial charge >= 0.3 is 0 Å². The topological polar surface area (TPSA) is 62.8 Å². The number of nitrogens with one attached hydrogen (secondary N) is 1. The Bertz CT molecular complexity index is 1080. The number of Topliss-reactive ketones (excluding diaryl/α,β-unsaturated/α-hetero) is 1. The Kier molecular flexibility index (Phi) is 5.19. The van der Waals surface area contributed by atoms with Crippen molar-refractivity contribution in [1.29, 1.82) is 0 Å². The van der Waals surface area contributed by atoms with E-state index in [9.17, 15) is 9.59 Å². The average Bonchev–Trinajstić information content (AvgIpc) is 2.95. The van der Waals surface area contributed by atoms with Crippen LogP contribution in [0.2, 0.25) is 0 Å². The first kappa shape index (κ1) is 18.4. The Morgan fingerprint density at radius 1 is 1.22 bits per heavy atom. The maximum absolute atomic E-state index is 12.5. The summed E-state index contributed by atoms with van der Waals surface area (Å²) in [4.78, 5) is 34.2. The third-order valence-electron chi connectivity index (χ3n) is 5.23. The highest BCUT2D eigenvalue weighted by atomic mass is 32.2. The van der Waals surface area contributed by atoms with Gasteiger partial charge in [-0.25, -0.2) is 4.98 Å². The molecule has 0 fully saturated rings. The van der Waals surface area contributed by atoms with Crippen molar-refractivity contribution in [3.8, 4) is 0 Å². The van der Waals surface area contributed by atoms with Gasteiger partial charge in [0.2, 0.25) is 0 Å². The second kappa shape index (κ2) is 7.60. The zero-order chi connectivity index (χ0) is 19.0. The molecule has 2 aromatic heterocycles. The van der Waals surface area contributed by atoms with E-state index in [1.54, 1.807) is 11.3 Å². The van der Waals surface area contributed by atoms with E-state index < -0.39 is 0 Å². The van der Waals surface area contributed by atoms with Crippen molar-refractivity contribution in [3.05, 3.63) is 61.5 Å². The molecule has 0 saturated heterocycles. The smallest absolute Gasteiger partial charge is 0.259 e. The molecule has 1 aliphatic rings. The first-order valence-electron chi connectivity index (χ1n) is 9.24. The van der Waals surface area contributed by atoms with Gasteiger partial charge in [-0.15, -0.1) is 23.1 Å². The van der Waals surface area contributed by atoms with E-state index >= 15 is 0 Å². The Hall–Kier alpha value is -1.92. The summed E-state index contributed by atoms with van der Waals surface area (Å²) < 4.78 is 0. The number of thiophene rings is 1. The maximum atomic E-state index is 12.5. The second-order valence-electron chi connectivity index (χ2n) is 7.08. The van der Waals surface area contributed by atoms with Crippen LogP contribution in [0.15, 0.2) is 23.0 Å². The highest BCUT2D eigenvalue weighted by Crippen LogP contribution is 2.26. The number of aromatic nitrogens is 2. The number of rotatable bonds is 5. The number of benzene rings is 1. The van der Waals surface area contributed by atoms with Gasteiger partial charge in [-0.05, 0) is 62.3 Å². The van der Waals surface area contributed by atoms with Crippen molar-refractivity contribution in [1.82, 2.24) is 9.97 Å². The monoisotopic (exact) mass is 398 g/mol. The summed E-state index contributed by atoms with van der Waals surface area (Å²) in [7, 11) is 0. The van der Waals surface area contributed by atoms with Crippen molar-refractivity contribution in [2.45, 2.75) is 45.3 Å². The molecule has 4 rings (SSSR count). The highest BCUT2D eigenvalue weighted by Gasteiger charge is 2.14. The lowest BCUT2D eigenvalue weighted by Crippen LogP contribution is -2.12. The number of carbonyl (C=O) groups excluding carboxylic acids is 1. The molecule has 0 radical (unpaired) electrons. The van der Waals surface area contributed by atoms with Gasteiger partial charge in [0.15, 0.2) is 5.78 Å². The predicted octanol–water partition coefficient (Wildman–Crippen LogP) is 4.60. The summed E-state index contributed by atoms with van der Waals surface area (Å²) in [5, 5.41) is 0.691. The van der Waals surface area contributed by atoms with E-state index in [1.807, 2.05) is 19.9 Å². The molecule has 0 amide bonds. The minimum Gasteiger partial charge on any atom is -0.309 e. The van der Waals surface area contributed by atoms with Crippen molar-refractivity contribution >= 4 is 39.1 Å². The lowest BCUT2D eigenvalue weighted by atomic mass is 9.90. The number of fused-ring (bicyclic) bond motifs is 2. The maximum Gasteiger partial charge on any atom is 0.259 e. The molecule has 0 atom stereocenters. The highest BCUT2D eigenvalue weighted by molar-refractivity contribution is 7.99. The number of hydrogen-bond donors (Lipinski definition) is 1. The normalized spacial score (nSPS) is 13.7. The number of aromatic amines is 1. The lowest BCUT2D eigenvalue weighted by Gasteiger charge is -2.16.